The number of aliphatic carboxylic acids is 1. The van der Waals surface area contributed by atoms with E-state index in [9.17, 15) is 9.59 Å². The largest absolute Gasteiger partial charge is 0.480 e. The van der Waals surface area contributed by atoms with Gasteiger partial charge in [-0.3, -0.25) is 4.79 Å². The van der Waals surface area contributed by atoms with Crippen LogP contribution in [0.4, 0.5) is 4.79 Å². The number of carboxylic acid groups (broad SMARTS) is 1. The standard InChI is InChI=1S/C9H16N2O3/c1-6(7(12)13)10-8(14)11-4-9(2,3)5-11/h6H,4-5H2,1-3H3,(H,10,14)(H,12,13)/t6-/m1/s1. The van der Waals surface area contributed by atoms with Gasteiger partial charge in [0.1, 0.15) is 6.04 Å². The average Bonchev–Trinajstić information content (AvgIpc) is 1.99. The Kier molecular flexibility index (Phi) is 2.69. The van der Waals surface area contributed by atoms with Crippen molar-refractivity contribution >= 4 is 12.0 Å². The molecule has 2 N–H and O–H groups in total. The molecule has 1 rings (SSSR count). The van der Waals surface area contributed by atoms with Crippen molar-refractivity contribution in [3.63, 3.8) is 0 Å². The minimum Gasteiger partial charge on any atom is -0.480 e. The number of carbonyl (C=O) groups excluding carboxylic acids is 1. The molecule has 14 heavy (non-hydrogen) atoms. The lowest BCUT2D eigenvalue weighted by Crippen LogP contribution is -2.59. The first-order valence-corrected chi connectivity index (χ1v) is 4.60. The molecule has 80 valence electrons. The topological polar surface area (TPSA) is 69.6 Å². The highest BCUT2D eigenvalue weighted by Gasteiger charge is 2.37. The predicted molar refractivity (Wildman–Crippen MR) is 51.0 cm³/mol. The van der Waals surface area contributed by atoms with Crippen molar-refractivity contribution in [2.75, 3.05) is 13.1 Å². The number of hydrogen-bond donors (Lipinski definition) is 2. The number of urea groups is 1. The van der Waals surface area contributed by atoms with E-state index in [-0.39, 0.29) is 11.4 Å². The molecule has 2 amide bonds. The number of nitrogens with zero attached hydrogens (tertiary/aromatic N) is 1. The van der Waals surface area contributed by atoms with Crippen LogP contribution in [0.15, 0.2) is 0 Å². The zero-order chi connectivity index (χ0) is 10.9. The van der Waals surface area contributed by atoms with E-state index in [1.807, 2.05) is 0 Å². The van der Waals surface area contributed by atoms with Crippen LogP contribution in [-0.2, 0) is 4.79 Å². The van der Waals surface area contributed by atoms with Crippen LogP contribution in [0.2, 0.25) is 0 Å². The second-order valence-corrected chi connectivity index (χ2v) is 4.53. The summed E-state index contributed by atoms with van der Waals surface area (Å²) in [5.74, 6) is -1.02. The maximum absolute atomic E-state index is 11.4. The van der Waals surface area contributed by atoms with Crippen molar-refractivity contribution in [2.45, 2.75) is 26.8 Å². The number of amides is 2. The summed E-state index contributed by atoms with van der Waals surface area (Å²) in [6.07, 6.45) is 0. The Balaban J connectivity index is 2.34. The summed E-state index contributed by atoms with van der Waals surface area (Å²) >= 11 is 0. The fourth-order valence-electron chi connectivity index (χ4n) is 1.47. The lowest BCUT2D eigenvalue weighted by Gasteiger charge is -2.45. The van der Waals surface area contributed by atoms with Gasteiger partial charge in [0, 0.05) is 18.5 Å². The van der Waals surface area contributed by atoms with Gasteiger partial charge in [0.05, 0.1) is 0 Å². The van der Waals surface area contributed by atoms with E-state index in [1.165, 1.54) is 6.92 Å². The summed E-state index contributed by atoms with van der Waals surface area (Å²) in [4.78, 5) is 23.4. The highest BCUT2D eigenvalue weighted by atomic mass is 16.4. The first kappa shape index (κ1) is 10.8. The maximum atomic E-state index is 11.4. The molecule has 5 heteroatoms. The highest BCUT2D eigenvalue weighted by Crippen LogP contribution is 2.28. The third kappa shape index (κ3) is 2.37. The molecule has 0 spiro atoms. The summed E-state index contributed by atoms with van der Waals surface area (Å²) in [7, 11) is 0. The van der Waals surface area contributed by atoms with Crippen molar-refractivity contribution in [3.8, 4) is 0 Å². The van der Waals surface area contributed by atoms with E-state index in [4.69, 9.17) is 5.11 Å². The van der Waals surface area contributed by atoms with E-state index in [0.29, 0.717) is 13.1 Å². The lowest BCUT2D eigenvalue weighted by molar-refractivity contribution is -0.138. The van der Waals surface area contributed by atoms with Crippen molar-refractivity contribution < 1.29 is 14.7 Å². The molecular weight excluding hydrogens is 184 g/mol. The van der Waals surface area contributed by atoms with Crippen LogP contribution in [0.5, 0.6) is 0 Å². The number of likely N-dealkylation sites (tertiary alicyclic amines) is 1. The smallest absolute Gasteiger partial charge is 0.325 e. The number of hydrogen-bond acceptors (Lipinski definition) is 2. The van der Waals surface area contributed by atoms with E-state index in [0.717, 1.165) is 0 Å². The van der Waals surface area contributed by atoms with Crippen LogP contribution < -0.4 is 5.32 Å². The van der Waals surface area contributed by atoms with Gasteiger partial charge in [-0.2, -0.15) is 0 Å². The molecule has 0 unspecified atom stereocenters. The molecule has 1 aliphatic heterocycles. The lowest BCUT2D eigenvalue weighted by atomic mass is 9.85. The second kappa shape index (κ2) is 3.48. The summed E-state index contributed by atoms with van der Waals surface area (Å²) in [5, 5.41) is 11.0. The van der Waals surface area contributed by atoms with Crippen LogP contribution in [0.25, 0.3) is 0 Å². The number of carboxylic acids is 1. The van der Waals surface area contributed by atoms with Crippen LogP contribution in [0.1, 0.15) is 20.8 Å². The third-order valence-corrected chi connectivity index (χ3v) is 2.24. The third-order valence-electron chi connectivity index (χ3n) is 2.24. The predicted octanol–water partition coefficient (Wildman–Crippen LogP) is 0.511. The van der Waals surface area contributed by atoms with Gasteiger partial charge in [0.25, 0.3) is 0 Å². The molecule has 1 atom stereocenters. The molecule has 0 aliphatic carbocycles. The zero-order valence-electron chi connectivity index (χ0n) is 8.70. The van der Waals surface area contributed by atoms with Crippen molar-refractivity contribution in [1.82, 2.24) is 10.2 Å². The van der Waals surface area contributed by atoms with Gasteiger partial charge < -0.3 is 15.3 Å². The SMILES string of the molecule is C[C@@H](NC(=O)N1CC(C)(C)C1)C(=O)O. The van der Waals surface area contributed by atoms with Gasteiger partial charge in [0.2, 0.25) is 0 Å². The Morgan fingerprint density at radius 2 is 1.93 bits per heavy atom. The van der Waals surface area contributed by atoms with E-state index >= 15 is 0 Å². The summed E-state index contributed by atoms with van der Waals surface area (Å²) < 4.78 is 0. The Labute approximate surface area is 83.1 Å². The maximum Gasteiger partial charge on any atom is 0.325 e. The summed E-state index contributed by atoms with van der Waals surface area (Å²) in [6, 6.07) is -1.12. The molecule has 0 radical (unpaired) electrons. The number of rotatable bonds is 2. The number of carbonyl (C=O) groups is 2. The first-order valence-electron chi connectivity index (χ1n) is 4.60. The molecule has 5 nitrogen and oxygen atoms in total. The van der Waals surface area contributed by atoms with E-state index in [2.05, 4.69) is 19.2 Å². The van der Waals surface area contributed by atoms with Crippen LogP contribution in [-0.4, -0.2) is 41.1 Å². The number of nitrogens with one attached hydrogen (secondary N) is 1. The molecule has 1 aliphatic rings. The van der Waals surface area contributed by atoms with Crippen LogP contribution in [0.3, 0.4) is 0 Å². The van der Waals surface area contributed by atoms with Gasteiger partial charge in [-0.15, -0.1) is 0 Å². The fourth-order valence-corrected chi connectivity index (χ4v) is 1.47. The Hall–Kier alpha value is -1.26. The van der Waals surface area contributed by atoms with E-state index in [1.54, 1.807) is 4.90 Å². The van der Waals surface area contributed by atoms with E-state index < -0.39 is 12.0 Å². The highest BCUT2D eigenvalue weighted by molar-refractivity contribution is 5.82. The molecule has 0 aromatic rings. The molecule has 0 bridgehead atoms. The van der Waals surface area contributed by atoms with Crippen LogP contribution in [0, 0.1) is 5.41 Å². The van der Waals surface area contributed by atoms with Gasteiger partial charge >= 0.3 is 12.0 Å². The molecule has 0 aromatic heterocycles. The quantitative estimate of drug-likeness (QED) is 0.682. The Bertz CT molecular complexity index is 255. The minimum absolute atomic E-state index is 0.170. The van der Waals surface area contributed by atoms with Crippen molar-refractivity contribution in [2.24, 2.45) is 5.41 Å². The molecule has 1 saturated heterocycles. The second-order valence-electron chi connectivity index (χ2n) is 4.53. The monoisotopic (exact) mass is 200 g/mol. The van der Waals surface area contributed by atoms with Crippen LogP contribution >= 0.6 is 0 Å². The fraction of sp³-hybridized carbons (Fsp3) is 0.778. The Morgan fingerprint density at radius 3 is 2.29 bits per heavy atom. The molecule has 0 aromatic carbocycles. The summed E-state index contributed by atoms with van der Waals surface area (Å²) in [6.45, 7) is 6.95. The van der Waals surface area contributed by atoms with Gasteiger partial charge in [-0.1, -0.05) is 13.8 Å². The van der Waals surface area contributed by atoms with Crippen molar-refractivity contribution in [3.05, 3.63) is 0 Å². The molecule has 1 heterocycles. The van der Waals surface area contributed by atoms with Gasteiger partial charge in [0.15, 0.2) is 0 Å². The van der Waals surface area contributed by atoms with Crippen molar-refractivity contribution in [1.29, 1.82) is 0 Å². The molecule has 1 fully saturated rings. The minimum atomic E-state index is -1.02. The first-order chi connectivity index (χ1) is 6.32. The normalized spacial score (nSPS) is 20.9. The van der Waals surface area contributed by atoms with Gasteiger partial charge in [-0.05, 0) is 6.92 Å². The molecule has 0 saturated carbocycles. The Morgan fingerprint density at radius 1 is 1.43 bits per heavy atom. The summed E-state index contributed by atoms with van der Waals surface area (Å²) in [5.41, 5.74) is 0.170. The zero-order valence-corrected chi connectivity index (χ0v) is 8.70. The molecular formula is C9H16N2O3. The van der Waals surface area contributed by atoms with Gasteiger partial charge in [-0.25, -0.2) is 4.79 Å². The average molecular weight is 200 g/mol.